The van der Waals surface area contributed by atoms with Gasteiger partial charge >= 0.3 is 5.97 Å². The van der Waals surface area contributed by atoms with E-state index in [1.807, 2.05) is 0 Å². The van der Waals surface area contributed by atoms with Crippen molar-refractivity contribution in [1.29, 1.82) is 5.26 Å². The van der Waals surface area contributed by atoms with E-state index < -0.39 is 10.9 Å². The van der Waals surface area contributed by atoms with Gasteiger partial charge in [-0.1, -0.05) is 0 Å². The molecule has 10 heteroatoms. The van der Waals surface area contributed by atoms with Crippen molar-refractivity contribution in [2.45, 2.75) is 6.92 Å². The highest BCUT2D eigenvalue weighted by Crippen LogP contribution is 2.40. The van der Waals surface area contributed by atoms with Crippen LogP contribution in [0.2, 0.25) is 0 Å². The number of thiazole rings is 1. The molecule has 0 unspecified atom stereocenters. The Morgan fingerprint density at radius 2 is 1.81 bits per heavy atom. The molecule has 0 amide bonds. The van der Waals surface area contributed by atoms with E-state index in [0.29, 0.717) is 27.4 Å². The Morgan fingerprint density at radius 1 is 1.19 bits per heavy atom. The summed E-state index contributed by atoms with van der Waals surface area (Å²) in [6.07, 6.45) is 1.61. The molecule has 0 bridgehead atoms. The number of hydrogen-bond donors (Lipinski definition) is 0. The molecule has 0 N–H and O–H groups in total. The van der Waals surface area contributed by atoms with Crippen molar-refractivity contribution in [2.75, 3.05) is 14.2 Å². The molecular weight excluding hydrogens is 434 g/mol. The fourth-order valence-corrected chi connectivity index (χ4v) is 3.61. The van der Waals surface area contributed by atoms with Gasteiger partial charge in [0.2, 0.25) is 5.75 Å². The quantitative estimate of drug-likeness (QED) is 0.166. The van der Waals surface area contributed by atoms with E-state index in [1.54, 1.807) is 35.7 Å². The van der Waals surface area contributed by atoms with Gasteiger partial charge in [-0.2, -0.15) is 5.26 Å². The fourth-order valence-electron chi connectivity index (χ4n) is 2.82. The lowest BCUT2D eigenvalue weighted by molar-refractivity contribution is -0.384. The first-order valence-corrected chi connectivity index (χ1v) is 10.0. The Labute approximate surface area is 187 Å². The van der Waals surface area contributed by atoms with Gasteiger partial charge in [0.15, 0.2) is 11.5 Å². The van der Waals surface area contributed by atoms with Crippen LogP contribution in [0, 0.1) is 21.4 Å². The third-order valence-electron chi connectivity index (χ3n) is 4.27. The lowest BCUT2D eigenvalue weighted by Gasteiger charge is -2.13. The van der Waals surface area contributed by atoms with Crippen molar-refractivity contribution in [1.82, 2.24) is 4.98 Å². The summed E-state index contributed by atoms with van der Waals surface area (Å²) < 4.78 is 15.8. The molecule has 0 radical (unpaired) electrons. The molecule has 0 saturated carbocycles. The number of rotatable bonds is 7. The van der Waals surface area contributed by atoms with Gasteiger partial charge in [-0.15, -0.1) is 11.3 Å². The highest BCUT2D eigenvalue weighted by molar-refractivity contribution is 7.11. The lowest BCUT2D eigenvalue weighted by atomic mass is 10.1. The first kappa shape index (κ1) is 22.5. The molecular formula is C22H17N3O6S. The molecule has 9 nitrogen and oxygen atoms in total. The van der Waals surface area contributed by atoms with E-state index >= 15 is 0 Å². The minimum atomic E-state index is -0.524. The Morgan fingerprint density at radius 3 is 2.31 bits per heavy atom. The molecule has 0 fully saturated rings. The minimum absolute atomic E-state index is 0.0121. The number of nitro benzene ring substituents is 1. The van der Waals surface area contributed by atoms with Crippen molar-refractivity contribution in [2.24, 2.45) is 0 Å². The number of nitro groups is 1. The van der Waals surface area contributed by atoms with Crippen LogP contribution in [0.25, 0.3) is 22.9 Å². The number of ether oxygens (including phenoxy) is 3. The average molecular weight is 451 g/mol. The number of allylic oxidation sites excluding steroid dienone is 1. The second kappa shape index (κ2) is 9.72. The highest BCUT2D eigenvalue weighted by atomic mass is 32.1. The van der Waals surface area contributed by atoms with Crippen molar-refractivity contribution in [3.8, 4) is 34.6 Å². The normalized spacial score (nSPS) is 10.9. The first-order valence-electron chi connectivity index (χ1n) is 9.13. The van der Waals surface area contributed by atoms with Crippen LogP contribution in [0.1, 0.15) is 17.5 Å². The summed E-state index contributed by atoms with van der Waals surface area (Å²) in [5.41, 5.74) is 2.17. The van der Waals surface area contributed by atoms with Gasteiger partial charge < -0.3 is 14.2 Å². The van der Waals surface area contributed by atoms with Gasteiger partial charge in [-0.3, -0.25) is 14.9 Å². The van der Waals surface area contributed by atoms with Crippen LogP contribution in [0.3, 0.4) is 0 Å². The van der Waals surface area contributed by atoms with E-state index in [0.717, 1.165) is 0 Å². The third kappa shape index (κ3) is 4.91. The number of carbonyl (C=O) groups is 1. The Balaban J connectivity index is 1.97. The SMILES string of the molecule is COc1cc(/C=C(/C#N)c2nc(-c3ccc([N+](=O)[O-])cc3)cs2)cc(OC)c1OC(C)=O. The fraction of sp³-hybridized carbons (Fsp3) is 0.136. The molecule has 0 aliphatic rings. The third-order valence-corrected chi connectivity index (χ3v) is 5.14. The van der Waals surface area contributed by atoms with Gasteiger partial charge in [-0.05, 0) is 35.9 Å². The molecule has 2 aromatic carbocycles. The predicted octanol–water partition coefficient (Wildman–Crippen LogP) is 4.72. The topological polar surface area (TPSA) is 125 Å². The molecule has 162 valence electrons. The zero-order chi connectivity index (χ0) is 23.3. The van der Waals surface area contributed by atoms with E-state index in [9.17, 15) is 20.2 Å². The Kier molecular flexibility index (Phi) is 6.82. The number of methoxy groups -OCH3 is 2. The number of nitrogens with zero attached hydrogens (tertiary/aromatic N) is 3. The van der Waals surface area contributed by atoms with Crippen LogP contribution in [0.15, 0.2) is 41.8 Å². The molecule has 0 saturated heterocycles. The van der Waals surface area contributed by atoms with Crippen LogP contribution in [0.5, 0.6) is 17.2 Å². The second-order valence-electron chi connectivity index (χ2n) is 6.36. The molecule has 3 aromatic rings. The summed E-state index contributed by atoms with van der Waals surface area (Å²) in [5, 5.41) is 22.8. The summed E-state index contributed by atoms with van der Waals surface area (Å²) >= 11 is 1.27. The summed E-state index contributed by atoms with van der Waals surface area (Å²) in [5.74, 6) is 0.166. The summed E-state index contributed by atoms with van der Waals surface area (Å²) in [6, 6.07) is 11.4. The Hall–Kier alpha value is -4.23. The van der Waals surface area contributed by atoms with E-state index in [2.05, 4.69) is 11.1 Å². The van der Waals surface area contributed by atoms with E-state index in [1.165, 1.54) is 44.6 Å². The standard InChI is InChI=1S/C22H17N3O6S/c1-13(26)31-21-19(29-2)9-14(10-20(21)30-3)8-16(11-23)22-24-18(12-32-22)15-4-6-17(7-5-15)25(27)28/h4-10,12H,1-3H3/b16-8-. The zero-order valence-corrected chi connectivity index (χ0v) is 18.1. The first-order chi connectivity index (χ1) is 15.4. The zero-order valence-electron chi connectivity index (χ0n) is 17.3. The van der Waals surface area contributed by atoms with Gasteiger partial charge in [0.05, 0.1) is 30.4 Å². The molecule has 0 aliphatic carbocycles. The number of esters is 1. The van der Waals surface area contributed by atoms with Crippen LogP contribution < -0.4 is 14.2 Å². The van der Waals surface area contributed by atoms with Crippen molar-refractivity contribution in [3.05, 3.63) is 62.5 Å². The van der Waals surface area contributed by atoms with Crippen LogP contribution in [0.4, 0.5) is 5.69 Å². The molecule has 3 rings (SSSR count). The summed E-state index contributed by atoms with van der Waals surface area (Å²) in [6.45, 7) is 1.27. The highest BCUT2D eigenvalue weighted by Gasteiger charge is 2.17. The molecule has 0 spiro atoms. The number of non-ortho nitro benzene ring substituents is 1. The van der Waals surface area contributed by atoms with Crippen molar-refractivity contribution in [3.63, 3.8) is 0 Å². The van der Waals surface area contributed by atoms with Crippen LogP contribution >= 0.6 is 11.3 Å². The lowest BCUT2D eigenvalue weighted by Crippen LogP contribution is -2.05. The minimum Gasteiger partial charge on any atom is -0.493 e. The van der Waals surface area contributed by atoms with Gasteiger partial charge in [-0.25, -0.2) is 4.98 Å². The number of carbonyl (C=O) groups excluding carboxylic acids is 1. The maximum absolute atomic E-state index is 11.4. The van der Waals surface area contributed by atoms with E-state index in [-0.39, 0.29) is 22.9 Å². The number of aromatic nitrogens is 1. The average Bonchev–Trinajstić information content (AvgIpc) is 3.27. The van der Waals surface area contributed by atoms with Crippen molar-refractivity contribution < 1.29 is 23.9 Å². The molecule has 1 heterocycles. The maximum atomic E-state index is 11.4. The smallest absolute Gasteiger partial charge is 0.308 e. The summed E-state index contributed by atoms with van der Waals surface area (Å²) in [4.78, 5) is 26.2. The Bertz CT molecular complexity index is 1220. The van der Waals surface area contributed by atoms with Gasteiger partial charge in [0.1, 0.15) is 11.1 Å². The molecule has 0 aliphatic heterocycles. The maximum Gasteiger partial charge on any atom is 0.308 e. The van der Waals surface area contributed by atoms with Crippen molar-refractivity contribution >= 4 is 34.6 Å². The molecule has 32 heavy (non-hydrogen) atoms. The predicted molar refractivity (Wildman–Crippen MR) is 119 cm³/mol. The van der Waals surface area contributed by atoms with Gasteiger partial charge in [0.25, 0.3) is 5.69 Å². The second-order valence-corrected chi connectivity index (χ2v) is 7.22. The monoisotopic (exact) mass is 451 g/mol. The van der Waals surface area contributed by atoms with Crippen LogP contribution in [-0.4, -0.2) is 30.1 Å². The molecule has 0 atom stereocenters. The molecule has 1 aromatic heterocycles. The van der Waals surface area contributed by atoms with E-state index in [4.69, 9.17) is 14.2 Å². The van der Waals surface area contributed by atoms with Gasteiger partial charge in [0, 0.05) is 30.0 Å². The number of nitriles is 1. The number of benzene rings is 2. The summed E-state index contributed by atoms with van der Waals surface area (Å²) in [7, 11) is 2.86. The largest absolute Gasteiger partial charge is 0.493 e. The number of hydrogen-bond acceptors (Lipinski definition) is 9. The van der Waals surface area contributed by atoms with Crippen LogP contribution in [-0.2, 0) is 4.79 Å².